The Morgan fingerprint density at radius 3 is 2.44 bits per heavy atom. The summed E-state index contributed by atoms with van der Waals surface area (Å²) in [7, 11) is 1.55. The van der Waals surface area contributed by atoms with Gasteiger partial charge in [0.15, 0.2) is 5.82 Å². The molecule has 0 spiro atoms. The zero-order valence-corrected chi connectivity index (χ0v) is 10.8. The summed E-state index contributed by atoms with van der Waals surface area (Å²) in [5.41, 5.74) is 2.15. The van der Waals surface area contributed by atoms with Crippen LogP contribution in [0.1, 0.15) is 12.5 Å². The van der Waals surface area contributed by atoms with E-state index in [1.807, 2.05) is 38.1 Å². The molecule has 1 aromatic carbocycles. The van der Waals surface area contributed by atoms with Crippen molar-refractivity contribution in [3.05, 3.63) is 29.8 Å². The molecule has 1 N–H and O–H groups in total. The number of aromatic nitrogens is 3. The van der Waals surface area contributed by atoms with E-state index in [4.69, 9.17) is 4.74 Å². The largest absolute Gasteiger partial charge is 0.467 e. The third-order valence-electron chi connectivity index (χ3n) is 2.44. The van der Waals surface area contributed by atoms with Gasteiger partial charge in [-0.15, -0.1) is 0 Å². The topological polar surface area (TPSA) is 59.9 Å². The van der Waals surface area contributed by atoms with E-state index in [-0.39, 0.29) is 0 Å². The van der Waals surface area contributed by atoms with E-state index in [0.29, 0.717) is 17.8 Å². The molecule has 0 aliphatic rings. The molecule has 2 rings (SSSR count). The quantitative estimate of drug-likeness (QED) is 0.894. The lowest BCUT2D eigenvalue weighted by Gasteiger charge is -2.07. The molecule has 0 aliphatic heterocycles. The molecule has 0 amide bonds. The monoisotopic (exact) mass is 244 g/mol. The number of rotatable bonds is 4. The van der Waals surface area contributed by atoms with Gasteiger partial charge < -0.3 is 10.1 Å². The molecule has 0 unspecified atom stereocenters. The van der Waals surface area contributed by atoms with Crippen LogP contribution in [0.5, 0.6) is 6.01 Å². The van der Waals surface area contributed by atoms with Gasteiger partial charge in [0.05, 0.1) is 7.11 Å². The first kappa shape index (κ1) is 12.3. The predicted octanol–water partition coefficient (Wildman–Crippen LogP) is 2.29. The minimum Gasteiger partial charge on any atom is -0.467 e. The van der Waals surface area contributed by atoms with Gasteiger partial charge >= 0.3 is 6.01 Å². The normalized spacial score (nSPS) is 10.2. The molecule has 94 valence electrons. The first-order valence-corrected chi connectivity index (χ1v) is 5.84. The summed E-state index contributed by atoms with van der Waals surface area (Å²) in [5.74, 6) is 1.14. The summed E-state index contributed by atoms with van der Waals surface area (Å²) < 4.78 is 5.08. The number of hydrogen-bond donors (Lipinski definition) is 1. The van der Waals surface area contributed by atoms with Crippen molar-refractivity contribution in [1.82, 2.24) is 15.0 Å². The van der Waals surface area contributed by atoms with Gasteiger partial charge in [0.1, 0.15) is 0 Å². The minimum absolute atomic E-state index is 0.316. The average Bonchev–Trinajstić information content (AvgIpc) is 2.39. The molecule has 5 heteroatoms. The lowest BCUT2D eigenvalue weighted by Crippen LogP contribution is -2.06. The number of anilines is 1. The third-order valence-corrected chi connectivity index (χ3v) is 2.44. The summed E-state index contributed by atoms with van der Waals surface area (Å²) in [6.07, 6.45) is 0. The summed E-state index contributed by atoms with van der Waals surface area (Å²) in [6, 6.07) is 8.34. The second-order valence-corrected chi connectivity index (χ2v) is 3.87. The van der Waals surface area contributed by atoms with Crippen molar-refractivity contribution in [3.8, 4) is 17.4 Å². The second-order valence-electron chi connectivity index (χ2n) is 3.87. The zero-order valence-electron chi connectivity index (χ0n) is 10.8. The van der Waals surface area contributed by atoms with Crippen LogP contribution in [-0.4, -0.2) is 28.6 Å². The van der Waals surface area contributed by atoms with Gasteiger partial charge in [-0.2, -0.15) is 15.0 Å². The number of aryl methyl sites for hydroxylation is 1. The fourth-order valence-electron chi connectivity index (χ4n) is 1.52. The number of nitrogens with one attached hydrogen (secondary N) is 1. The van der Waals surface area contributed by atoms with E-state index in [1.165, 1.54) is 5.56 Å². The van der Waals surface area contributed by atoms with E-state index in [1.54, 1.807) is 7.11 Å². The molecule has 0 saturated heterocycles. The van der Waals surface area contributed by atoms with E-state index in [2.05, 4.69) is 20.3 Å². The van der Waals surface area contributed by atoms with Gasteiger partial charge in [0.25, 0.3) is 0 Å². The lowest BCUT2D eigenvalue weighted by molar-refractivity contribution is 0.379. The maximum absolute atomic E-state index is 5.08. The highest BCUT2D eigenvalue weighted by atomic mass is 16.5. The molecule has 1 heterocycles. The molecule has 0 bridgehead atoms. The lowest BCUT2D eigenvalue weighted by atomic mass is 10.1. The van der Waals surface area contributed by atoms with Gasteiger partial charge in [-0.05, 0) is 13.8 Å². The van der Waals surface area contributed by atoms with Crippen LogP contribution in [0, 0.1) is 6.92 Å². The van der Waals surface area contributed by atoms with E-state index >= 15 is 0 Å². The summed E-state index contributed by atoms with van der Waals surface area (Å²) in [5, 5.41) is 3.06. The van der Waals surface area contributed by atoms with Crippen molar-refractivity contribution in [3.63, 3.8) is 0 Å². The minimum atomic E-state index is 0.316. The summed E-state index contributed by atoms with van der Waals surface area (Å²) >= 11 is 0. The van der Waals surface area contributed by atoms with Gasteiger partial charge in [0.2, 0.25) is 5.95 Å². The van der Waals surface area contributed by atoms with Gasteiger partial charge in [0, 0.05) is 12.1 Å². The van der Waals surface area contributed by atoms with Gasteiger partial charge in [-0.3, -0.25) is 0 Å². The molecular formula is C13H16N4O. The SMILES string of the molecule is CCNc1nc(OC)nc(-c2ccc(C)cc2)n1. The third kappa shape index (κ3) is 2.74. The Labute approximate surface area is 106 Å². The number of methoxy groups -OCH3 is 1. The highest BCUT2D eigenvalue weighted by molar-refractivity contribution is 5.56. The summed E-state index contributed by atoms with van der Waals surface area (Å²) in [4.78, 5) is 12.7. The van der Waals surface area contributed by atoms with Crippen LogP contribution in [0.4, 0.5) is 5.95 Å². The van der Waals surface area contributed by atoms with E-state index in [0.717, 1.165) is 12.1 Å². The Balaban J connectivity index is 2.42. The van der Waals surface area contributed by atoms with Crippen molar-refractivity contribution in [2.75, 3.05) is 19.0 Å². The van der Waals surface area contributed by atoms with Crippen LogP contribution in [0.15, 0.2) is 24.3 Å². The molecule has 0 atom stereocenters. The fourth-order valence-corrected chi connectivity index (χ4v) is 1.52. The Kier molecular flexibility index (Phi) is 3.72. The number of benzene rings is 1. The maximum atomic E-state index is 5.08. The van der Waals surface area contributed by atoms with Crippen LogP contribution in [0.3, 0.4) is 0 Å². The van der Waals surface area contributed by atoms with E-state index in [9.17, 15) is 0 Å². The molecule has 5 nitrogen and oxygen atoms in total. The van der Waals surface area contributed by atoms with Crippen molar-refractivity contribution in [2.45, 2.75) is 13.8 Å². The predicted molar refractivity (Wildman–Crippen MR) is 70.7 cm³/mol. The molecule has 0 aliphatic carbocycles. The standard InChI is InChI=1S/C13H16N4O/c1-4-14-12-15-11(16-13(17-12)18-3)10-7-5-9(2)6-8-10/h5-8H,4H2,1-3H3,(H,14,15,16,17). The maximum Gasteiger partial charge on any atom is 0.321 e. The Bertz CT molecular complexity index is 525. The molecule has 18 heavy (non-hydrogen) atoms. The molecule has 0 fully saturated rings. The van der Waals surface area contributed by atoms with Crippen molar-refractivity contribution in [2.24, 2.45) is 0 Å². The number of nitrogens with zero attached hydrogens (tertiary/aromatic N) is 3. The van der Waals surface area contributed by atoms with Crippen LogP contribution in [-0.2, 0) is 0 Å². The molecule has 2 aromatic rings. The number of hydrogen-bond acceptors (Lipinski definition) is 5. The first-order chi connectivity index (χ1) is 8.72. The molecule has 1 aromatic heterocycles. The van der Waals surface area contributed by atoms with Crippen molar-refractivity contribution >= 4 is 5.95 Å². The van der Waals surface area contributed by atoms with Crippen molar-refractivity contribution in [1.29, 1.82) is 0 Å². The van der Waals surface area contributed by atoms with E-state index < -0.39 is 0 Å². The fraction of sp³-hybridized carbons (Fsp3) is 0.308. The molecule has 0 saturated carbocycles. The average molecular weight is 244 g/mol. The zero-order chi connectivity index (χ0) is 13.0. The second kappa shape index (κ2) is 5.44. The van der Waals surface area contributed by atoms with Crippen molar-refractivity contribution < 1.29 is 4.74 Å². The van der Waals surface area contributed by atoms with Crippen LogP contribution in [0.25, 0.3) is 11.4 Å². The number of ether oxygens (including phenoxy) is 1. The van der Waals surface area contributed by atoms with Gasteiger partial charge in [-0.1, -0.05) is 29.8 Å². The smallest absolute Gasteiger partial charge is 0.321 e. The Morgan fingerprint density at radius 2 is 1.83 bits per heavy atom. The van der Waals surface area contributed by atoms with Crippen LogP contribution in [0.2, 0.25) is 0 Å². The van der Waals surface area contributed by atoms with Crippen LogP contribution >= 0.6 is 0 Å². The van der Waals surface area contributed by atoms with Gasteiger partial charge in [-0.25, -0.2) is 0 Å². The molecule has 0 radical (unpaired) electrons. The highest BCUT2D eigenvalue weighted by Gasteiger charge is 2.08. The first-order valence-electron chi connectivity index (χ1n) is 5.84. The molecular weight excluding hydrogens is 228 g/mol. The highest BCUT2D eigenvalue weighted by Crippen LogP contribution is 2.19. The Hall–Kier alpha value is -2.17. The summed E-state index contributed by atoms with van der Waals surface area (Å²) in [6.45, 7) is 4.78. The van der Waals surface area contributed by atoms with Crippen LogP contribution < -0.4 is 10.1 Å². The Morgan fingerprint density at radius 1 is 1.11 bits per heavy atom.